The molecule has 2 rings (SSSR count). The van der Waals surface area contributed by atoms with Gasteiger partial charge in [-0.2, -0.15) is 5.26 Å². The van der Waals surface area contributed by atoms with Gasteiger partial charge in [-0.05, 0) is 24.3 Å². The normalized spacial score (nSPS) is 10.2. The second kappa shape index (κ2) is 10.2. The fourth-order valence-corrected chi connectivity index (χ4v) is 2.33. The third-order valence-electron chi connectivity index (χ3n) is 3.79. The Kier molecular flexibility index (Phi) is 7.47. The number of nitrogens with one attached hydrogen (secondary N) is 1. The number of rotatable bonds is 8. The van der Waals surface area contributed by atoms with Crippen molar-refractivity contribution in [2.75, 3.05) is 26.1 Å². The predicted molar refractivity (Wildman–Crippen MR) is 106 cm³/mol. The van der Waals surface area contributed by atoms with Crippen LogP contribution in [0.4, 0.5) is 11.4 Å². The quantitative estimate of drug-likeness (QED) is 0.302. The molecule has 2 aromatic carbocycles. The molecule has 0 saturated carbocycles. The third kappa shape index (κ3) is 5.80. The summed E-state index contributed by atoms with van der Waals surface area (Å²) in [5.74, 6) is -0.402. The fraction of sp³-hybridized carbons (Fsp3) is 0.150. The molecule has 30 heavy (non-hydrogen) atoms. The molecule has 154 valence electrons. The van der Waals surface area contributed by atoms with E-state index in [0.717, 1.165) is 18.2 Å². The molecule has 0 aliphatic rings. The van der Waals surface area contributed by atoms with Crippen molar-refractivity contribution in [3.63, 3.8) is 0 Å². The van der Waals surface area contributed by atoms with Crippen LogP contribution in [0.15, 0.2) is 42.5 Å². The van der Waals surface area contributed by atoms with E-state index in [-0.39, 0.29) is 16.9 Å². The Labute approximate surface area is 171 Å². The van der Waals surface area contributed by atoms with E-state index in [1.54, 1.807) is 24.3 Å². The van der Waals surface area contributed by atoms with Crippen LogP contribution in [0, 0.1) is 21.4 Å². The molecule has 1 N–H and O–H groups in total. The number of carbonyl (C=O) groups excluding carboxylic acids is 2. The van der Waals surface area contributed by atoms with Crippen molar-refractivity contribution in [2.24, 2.45) is 0 Å². The molecule has 10 nitrogen and oxygen atoms in total. The van der Waals surface area contributed by atoms with Gasteiger partial charge in [-0.1, -0.05) is 0 Å². The Balaban J connectivity index is 1.95. The standard InChI is InChI=1S/C20H17N3O7/c1-28-16-6-3-13(18(10-16)29-2)4-8-20(25)30-12-19(24)22-17-7-5-15(23(26)27)9-14(17)11-21/h3-10H,12H2,1-2H3,(H,22,24)/b8-4+. The number of hydrogen-bond donors (Lipinski definition) is 1. The van der Waals surface area contributed by atoms with Crippen molar-refractivity contribution in [1.82, 2.24) is 0 Å². The van der Waals surface area contributed by atoms with Gasteiger partial charge < -0.3 is 19.5 Å². The van der Waals surface area contributed by atoms with Gasteiger partial charge >= 0.3 is 5.97 Å². The molecule has 0 heterocycles. The smallest absolute Gasteiger partial charge is 0.331 e. The molecule has 1 amide bonds. The number of anilines is 1. The van der Waals surface area contributed by atoms with E-state index in [9.17, 15) is 19.7 Å². The van der Waals surface area contributed by atoms with Gasteiger partial charge in [0.25, 0.3) is 11.6 Å². The summed E-state index contributed by atoms with van der Waals surface area (Å²) >= 11 is 0. The number of nitro groups is 1. The Morgan fingerprint density at radius 3 is 2.60 bits per heavy atom. The van der Waals surface area contributed by atoms with Crippen molar-refractivity contribution in [3.8, 4) is 17.6 Å². The van der Waals surface area contributed by atoms with Gasteiger partial charge in [0, 0.05) is 29.8 Å². The molecular formula is C20H17N3O7. The van der Waals surface area contributed by atoms with Gasteiger partial charge in [-0.3, -0.25) is 14.9 Å². The Morgan fingerprint density at radius 2 is 1.97 bits per heavy atom. The summed E-state index contributed by atoms with van der Waals surface area (Å²) in [4.78, 5) is 33.9. The van der Waals surface area contributed by atoms with E-state index in [1.807, 2.05) is 0 Å². The number of nitrogens with zero attached hydrogens (tertiary/aromatic N) is 2. The predicted octanol–water partition coefficient (Wildman–Crippen LogP) is 2.68. The number of methoxy groups -OCH3 is 2. The van der Waals surface area contributed by atoms with Crippen molar-refractivity contribution >= 4 is 29.3 Å². The van der Waals surface area contributed by atoms with Crippen LogP contribution in [-0.4, -0.2) is 37.6 Å². The molecule has 0 atom stereocenters. The summed E-state index contributed by atoms with van der Waals surface area (Å²) in [5.41, 5.74) is 0.303. The maximum atomic E-state index is 12.0. The molecule has 0 saturated heterocycles. The van der Waals surface area contributed by atoms with Crippen molar-refractivity contribution in [1.29, 1.82) is 5.26 Å². The van der Waals surface area contributed by atoms with E-state index in [0.29, 0.717) is 17.1 Å². The van der Waals surface area contributed by atoms with Crippen molar-refractivity contribution < 1.29 is 28.7 Å². The number of amides is 1. The molecule has 0 fully saturated rings. The zero-order valence-electron chi connectivity index (χ0n) is 16.1. The van der Waals surface area contributed by atoms with Gasteiger partial charge in [0.15, 0.2) is 6.61 Å². The minimum atomic E-state index is -0.771. The zero-order chi connectivity index (χ0) is 22.1. The van der Waals surface area contributed by atoms with E-state index in [2.05, 4.69) is 5.32 Å². The number of carbonyl (C=O) groups is 2. The number of ether oxygens (including phenoxy) is 3. The summed E-state index contributed by atoms with van der Waals surface area (Å²) in [6, 6.07) is 10.2. The summed E-state index contributed by atoms with van der Waals surface area (Å²) < 4.78 is 15.2. The average molecular weight is 411 g/mol. The molecule has 10 heteroatoms. The van der Waals surface area contributed by atoms with Crippen LogP contribution in [0.5, 0.6) is 11.5 Å². The molecule has 0 unspecified atom stereocenters. The molecule has 0 radical (unpaired) electrons. The van der Waals surface area contributed by atoms with Gasteiger partial charge in [0.05, 0.1) is 30.4 Å². The summed E-state index contributed by atoms with van der Waals surface area (Å²) in [7, 11) is 2.99. The monoisotopic (exact) mass is 411 g/mol. The maximum absolute atomic E-state index is 12.0. The SMILES string of the molecule is COc1ccc(/C=C/C(=O)OCC(=O)Nc2ccc([N+](=O)[O-])cc2C#N)c(OC)c1. The Hall–Kier alpha value is -4.39. The zero-order valence-corrected chi connectivity index (χ0v) is 16.1. The maximum Gasteiger partial charge on any atom is 0.331 e. The molecule has 2 aromatic rings. The Morgan fingerprint density at radius 1 is 1.20 bits per heavy atom. The molecule has 0 spiro atoms. The summed E-state index contributed by atoms with van der Waals surface area (Å²) in [6.45, 7) is -0.606. The lowest BCUT2D eigenvalue weighted by atomic mass is 10.1. The topological polar surface area (TPSA) is 141 Å². The first-order valence-electron chi connectivity index (χ1n) is 8.43. The van der Waals surface area contributed by atoms with Crippen LogP contribution in [0.2, 0.25) is 0 Å². The van der Waals surface area contributed by atoms with Crippen LogP contribution in [-0.2, 0) is 14.3 Å². The van der Waals surface area contributed by atoms with Crippen LogP contribution in [0.3, 0.4) is 0 Å². The van der Waals surface area contributed by atoms with Gasteiger partial charge in [-0.25, -0.2) is 4.79 Å². The lowest BCUT2D eigenvalue weighted by molar-refractivity contribution is -0.384. The highest BCUT2D eigenvalue weighted by atomic mass is 16.6. The fourth-order valence-electron chi connectivity index (χ4n) is 2.33. The Bertz CT molecular complexity index is 1040. The number of nitriles is 1. The molecule has 0 aromatic heterocycles. The highest BCUT2D eigenvalue weighted by molar-refractivity contribution is 5.95. The highest BCUT2D eigenvalue weighted by Crippen LogP contribution is 2.25. The van der Waals surface area contributed by atoms with Gasteiger partial charge in [-0.15, -0.1) is 0 Å². The molecule has 0 aliphatic carbocycles. The number of hydrogen-bond acceptors (Lipinski definition) is 8. The van der Waals surface area contributed by atoms with Crippen molar-refractivity contribution in [2.45, 2.75) is 0 Å². The van der Waals surface area contributed by atoms with Crippen LogP contribution in [0.1, 0.15) is 11.1 Å². The first-order chi connectivity index (χ1) is 14.4. The highest BCUT2D eigenvalue weighted by Gasteiger charge is 2.13. The first-order valence-corrected chi connectivity index (χ1v) is 8.43. The van der Waals surface area contributed by atoms with Gasteiger partial charge in [0.1, 0.15) is 17.6 Å². The second-order valence-corrected chi connectivity index (χ2v) is 5.70. The minimum Gasteiger partial charge on any atom is -0.497 e. The second-order valence-electron chi connectivity index (χ2n) is 5.70. The van der Waals surface area contributed by atoms with Crippen LogP contribution < -0.4 is 14.8 Å². The van der Waals surface area contributed by atoms with E-state index < -0.39 is 23.4 Å². The molecular weight excluding hydrogens is 394 g/mol. The van der Waals surface area contributed by atoms with Crippen molar-refractivity contribution in [3.05, 3.63) is 63.7 Å². The van der Waals surface area contributed by atoms with E-state index >= 15 is 0 Å². The van der Waals surface area contributed by atoms with E-state index in [4.69, 9.17) is 19.5 Å². The molecule has 0 bridgehead atoms. The summed E-state index contributed by atoms with van der Waals surface area (Å²) in [6.07, 6.45) is 2.59. The van der Waals surface area contributed by atoms with Crippen LogP contribution >= 0.6 is 0 Å². The largest absolute Gasteiger partial charge is 0.497 e. The average Bonchev–Trinajstić information content (AvgIpc) is 2.76. The first kappa shape index (κ1) is 21.9. The number of esters is 1. The van der Waals surface area contributed by atoms with E-state index in [1.165, 1.54) is 26.4 Å². The molecule has 0 aliphatic heterocycles. The van der Waals surface area contributed by atoms with Gasteiger partial charge in [0.2, 0.25) is 0 Å². The summed E-state index contributed by atoms with van der Waals surface area (Å²) in [5, 5.41) is 22.2. The number of nitro benzene ring substituents is 1. The minimum absolute atomic E-state index is 0.0719. The third-order valence-corrected chi connectivity index (χ3v) is 3.79. The van der Waals surface area contributed by atoms with Crippen LogP contribution in [0.25, 0.3) is 6.08 Å². The number of benzene rings is 2. The number of non-ortho nitro benzene ring substituents is 1. The lowest BCUT2D eigenvalue weighted by Crippen LogP contribution is -2.20. The lowest BCUT2D eigenvalue weighted by Gasteiger charge is -2.08.